The Bertz CT molecular complexity index is 531. The molecule has 0 spiro atoms. The Morgan fingerprint density at radius 3 is 2.83 bits per heavy atom. The first-order valence-electron chi connectivity index (χ1n) is 6.50. The topological polar surface area (TPSA) is 34.4 Å². The van der Waals surface area contributed by atoms with E-state index in [-0.39, 0.29) is 6.04 Å². The zero-order chi connectivity index (χ0) is 13.1. The lowest BCUT2D eigenvalue weighted by molar-refractivity contribution is 0.318. The van der Waals surface area contributed by atoms with Crippen LogP contribution in [0.15, 0.2) is 22.6 Å². The van der Waals surface area contributed by atoms with E-state index in [1.807, 2.05) is 19.2 Å². The second kappa shape index (κ2) is 5.44. The van der Waals surface area contributed by atoms with Crippen molar-refractivity contribution in [3.8, 4) is 5.75 Å². The molecule has 3 heteroatoms. The molecule has 1 heterocycles. The average Bonchev–Trinajstić information content (AvgIpc) is 2.73. The maximum Gasteiger partial charge on any atom is 0.134 e. The molecule has 1 N–H and O–H groups in total. The molecule has 2 rings (SSSR count). The normalized spacial score (nSPS) is 12.9. The van der Waals surface area contributed by atoms with Crippen LogP contribution in [0, 0.1) is 6.92 Å². The fourth-order valence-corrected chi connectivity index (χ4v) is 2.07. The van der Waals surface area contributed by atoms with Gasteiger partial charge in [0.1, 0.15) is 17.1 Å². The number of ether oxygens (including phenoxy) is 1. The molecule has 1 aromatic heterocycles. The van der Waals surface area contributed by atoms with E-state index in [0.29, 0.717) is 0 Å². The predicted molar refractivity (Wildman–Crippen MR) is 74.2 cm³/mol. The van der Waals surface area contributed by atoms with Crippen LogP contribution in [-0.2, 0) is 0 Å². The molecule has 1 aromatic carbocycles. The van der Waals surface area contributed by atoms with Gasteiger partial charge in [0.15, 0.2) is 0 Å². The number of nitrogens with one attached hydrogen (secondary N) is 1. The second-order valence-electron chi connectivity index (χ2n) is 4.61. The van der Waals surface area contributed by atoms with Gasteiger partial charge >= 0.3 is 0 Å². The lowest BCUT2D eigenvalue weighted by Crippen LogP contribution is -2.12. The van der Waals surface area contributed by atoms with Gasteiger partial charge in [-0.1, -0.05) is 6.92 Å². The van der Waals surface area contributed by atoms with Gasteiger partial charge in [0.25, 0.3) is 0 Å². The van der Waals surface area contributed by atoms with Crippen molar-refractivity contribution in [2.45, 2.75) is 33.2 Å². The van der Waals surface area contributed by atoms with E-state index in [9.17, 15) is 0 Å². The first-order valence-corrected chi connectivity index (χ1v) is 6.50. The minimum absolute atomic E-state index is 0.220. The summed E-state index contributed by atoms with van der Waals surface area (Å²) >= 11 is 0. The third-order valence-corrected chi connectivity index (χ3v) is 3.24. The van der Waals surface area contributed by atoms with Crippen LogP contribution in [0.4, 0.5) is 0 Å². The SMILES string of the molecule is CCCOc1ccc2oc(C(C)NC)c(C)c2c1. The van der Waals surface area contributed by atoms with Crippen molar-refractivity contribution in [3.05, 3.63) is 29.5 Å². The van der Waals surface area contributed by atoms with Crippen molar-refractivity contribution in [2.24, 2.45) is 0 Å². The fourth-order valence-electron chi connectivity index (χ4n) is 2.07. The van der Waals surface area contributed by atoms with E-state index in [1.54, 1.807) is 0 Å². The highest BCUT2D eigenvalue weighted by Gasteiger charge is 2.15. The summed E-state index contributed by atoms with van der Waals surface area (Å²) in [5.74, 6) is 1.91. The Kier molecular flexibility index (Phi) is 3.92. The van der Waals surface area contributed by atoms with Crippen LogP contribution in [-0.4, -0.2) is 13.7 Å². The van der Waals surface area contributed by atoms with E-state index < -0.39 is 0 Å². The number of aryl methyl sites for hydroxylation is 1. The van der Waals surface area contributed by atoms with Crippen molar-refractivity contribution in [3.63, 3.8) is 0 Å². The van der Waals surface area contributed by atoms with Crippen molar-refractivity contribution in [2.75, 3.05) is 13.7 Å². The first kappa shape index (κ1) is 13.0. The molecule has 3 nitrogen and oxygen atoms in total. The number of fused-ring (bicyclic) bond motifs is 1. The molecule has 1 unspecified atom stereocenters. The third kappa shape index (κ3) is 2.36. The number of furan rings is 1. The van der Waals surface area contributed by atoms with E-state index in [0.717, 1.165) is 35.5 Å². The van der Waals surface area contributed by atoms with Gasteiger partial charge in [-0.15, -0.1) is 0 Å². The predicted octanol–water partition coefficient (Wildman–Crippen LogP) is 3.81. The number of hydrogen-bond donors (Lipinski definition) is 1. The van der Waals surface area contributed by atoms with Crippen molar-refractivity contribution in [1.82, 2.24) is 5.32 Å². The van der Waals surface area contributed by atoms with Gasteiger partial charge in [0.2, 0.25) is 0 Å². The molecule has 0 radical (unpaired) electrons. The summed E-state index contributed by atoms with van der Waals surface area (Å²) in [5.41, 5.74) is 2.11. The minimum Gasteiger partial charge on any atom is -0.494 e. The van der Waals surface area contributed by atoms with E-state index >= 15 is 0 Å². The second-order valence-corrected chi connectivity index (χ2v) is 4.61. The van der Waals surface area contributed by atoms with Crippen LogP contribution < -0.4 is 10.1 Å². The summed E-state index contributed by atoms with van der Waals surface area (Å²) < 4.78 is 11.5. The van der Waals surface area contributed by atoms with Gasteiger partial charge in [-0.3, -0.25) is 0 Å². The fraction of sp³-hybridized carbons (Fsp3) is 0.467. The Hall–Kier alpha value is -1.48. The number of benzene rings is 1. The molecule has 0 fully saturated rings. The van der Waals surface area contributed by atoms with E-state index in [4.69, 9.17) is 9.15 Å². The van der Waals surface area contributed by atoms with Gasteiger partial charge < -0.3 is 14.5 Å². The molecule has 0 aliphatic heterocycles. The van der Waals surface area contributed by atoms with Crippen LogP contribution in [0.3, 0.4) is 0 Å². The summed E-state index contributed by atoms with van der Waals surface area (Å²) in [5, 5.41) is 4.35. The molecule has 0 saturated carbocycles. The summed E-state index contributed by atoms with van der Waals surface area (Å²) in [6.45, 7) is 7.05. The average molecular weight is 247 g/mol. The van der Waals surface area contributed by atoms with Crippen LogP contribution in [0.5, 0.6) is 5.75 Å². The Morgan fingerprint density at radius 1 is 1.39 bits per heavy atom. The van der Waals surface area contributed by atoms with Gasteiger partial charge in [-0.25, -0.2) is 0 Å². The molecule has 2 aromatic rings. The van der Waals surface area contributed by atoms with Crippen molar-refractivity contribution >= 4 is 11.0 Å². The lowest BCUT2D eigenvalue weighted by Gasteiger charge is -2.07. The largest absolute Gasteiger partial charge is 0.494 e. The van der Waals surface area contributed by atoms with E-state index in [1.165, 1.54) is 5.56 Å². The van der Waals surface area contributed by atoms with Crippen molar-refractivity contribution < 1.29 is 9.15 Å². The van der Waals surface area contributed by atoms with Gasteiger partial charge in [-0.2, -0.15) is 0 Å². The molecule has 0 aliphatic carbocycles. The third-order valence-electron chi connectivity index (χ3n) is 3.24. The maximum absolute atomic E-state index is 5.89. The highest BCUT2D eigenvalue weighted by molar-refractivity contribution is 5.83. The number of hydrogen-bond acceptors (Lipinski definition) is 3. The molecule has 0 aliphatic rings. The van der Waals surface area contributed by atoms with Crippen LogP contribution >= 0.6 is 0 Å². The molecular weight excluding hydrogens is 226 g/mol. The minimum atomic E-state index is 0.220. The highest BCUT2D eigenvalue weighted by Crippen LogP contribution is 2.31. The molecule has 98 valence electrons. The van der Waals surface area contributed by atoms with Gasteiger partial charge in [0, 0.05) is 10.9 Å². The van der Waals surface area contributed by atoms with Gasteiger partial charge in [-0.05, 0) is 45.5 Å². The summed E-state index contributed by atoms with van der Waals surface area (Å²) in [6, 6.07) is 6.24. The molecular formula is C15H21NO2. The summed E-state index contributed by atoms with van der Waals surface area (Å²) in [7, 11) is 1.94. The first-order chi connectivity index (χ1) is 8.67. The quantitative estimate of drug-likeness (QED) is 0.872. The number of rotatable bonds is 5. The molecule has 18 heavy (non-hydrogen) atoms. The highest BCUT2D eigenvalue weighted by atomic mass is 16.5. The molecule has 0 bridgehead atoms. The summed E-state index contributed by atoms with van der Waals surface area (Å²) in [6.07, 6.45) is 1.02. The van der Waals surface area contributed by atoms with E-state index in [2.05, 4.69) is 32.2 Å². The lowest BCUT2D eigenvalue weighted by atomic mass is 10.1. The van der Waals surface area contributed by atoms with Crippen LogP contribution in [0.2, 0.25) is 0 Å². The molecule has 0 saturated heterocycles. The van der Waals surface area contributed by atoms with Crippen molar-refractivity contribution in [1.29, 1.82) is 0 Å². The standard InChI is InChI=1S/C15H21NO2/c1-5-8-17-12-6-7-14-13(9-12)10(2)15(18-14)11(3)16-4/h6-7,9,11,16H,5,8H2,1-4H3. The smallest absolute Gasteiger partial charge is 0.134 e. The Labute approximate surface area is 108 Å². The molecule has 1 atom stereocenters. The Balaban J connectivity index is 2.40. The van der Waals surface area contributed by atoms with Gasteiger partial charge in [0.05, 0.1) is 12.6 Å². The summed E-state index contributed by atoms with van der Waals surface area (Å²) in [4.78, 5) is 0. The zero-order valence-electron chi connectivity index (χ0n) is 11.5. The molecule has 0 amide bonds. The maximum atomic E-state index is 5.89. The van der Waals surface area contributed by atoms with Crippen LogP contribution in [0.25, 0.3) is 11.0 Å². The van der Waals surface area contributed by atoms with Crippen LogP contribution in [0.1, 0.15) is 37.6 Å². The zero-order valence-corrected chi connectivity index (χ0v) is 11.5. The Morgan fingerprint density at radius 2 is 2.17 bits per heavy atom. The monoisotopic (exact) mass is 247 g/mol.